The van der Waals surface area contributed by atoms with Crippen molar-refractivity contribution in [2.75, 3.05) is 0 Å². The zero-order chi connectivity index (χ0) is 12.4. The minimum atomic E-state index is 0.411. The predicted octanol–water partition coefficient (Wildman–Crippen LogP) is 0.832. The summed E-state index contributed by atoms with van der Waals surface area (Å²) >= 11 is 1.39. The summed E-state index contributed by atoms with van der Waals surface area (Å²) < 4.78 is 1.90. The van der Waals surface area contributed by atoms with Crippen molar-refractivity contribution in [1.29, 1.82) is 0 Å². The highest BCUT2D eigenvalue weighted by atomic mass is 32.2. The van der Waals surface area contributed by atoms with E-state index in [1.807, 2.05) is 31.5 Å². The molecule has 0 fully saturated rings. The molecule has 0 aromatic carbocycles. The van der Waals surface area contributed by atoms with Crippen molar-refractivity contribution < 1.29 is 0 Å². The summed E-state index contributed by atoms with van der Waals surface area (Å²) in [6.07, 6.45) is 0. The van der Waals surface area contributed by atoms with Crippen LogP contribution in [0.25, 0.3) is 0 Å². The van der Waals surface area contributed by atoms with Gasteiger partial charge < -0.3 is 10.3 Å². The van der Waals surface area contributed by atoms with E-state index in [0.29, 0.717) is 11.7 Å². The summed E-state index contributed by atoms with van der Waals surface area (Å²) in [5.41, 5.74) is 7.32. The molecule has 0 unspecified atom stereocenters. The van der Waals surface area contributed by atoms with Gasteiger partial charge >= 0.3 is 0 Å². The second kappa shape index (κ2) is 4.80. The predicted molar refractivity (Wildman–Crippen MR) is 64.5 cm³/mol. The lowest BCUT2D eigenvalue weighted by atomic mass is 10.3. The Balaban J connectivity index is 2.29. The van der Waals surface area contributed by atoms with Gasteiger partial charge in [0.2, 0.25) is 0 Å². The fourth-order valence-electron chi connectivity index (χ4n) is 1.31. The molecule has 0 aliphatic carbocycles. The van der Waals surface area contributed by atoms with Gasteiger partial charge in [0.15, 0.2) is 10.3 Å². The summed E-state index contributed by atoms with van der Waals surface area (Å²) in [5, 5.41) is 9.48. The van der Waals surface area contributed by atoms with Crippen LogP contribution in [-0.4, -0.2) is 24.7 Å². The lowest BCUT2D eigenvalue weighted by Gasteiger charge is -2.03. The second-order valence-electron chi connectivity index (χ2n) is 3.68. The highest BCUT2D eigenvalue weighted by Crippen LogP contribution is 2.22. The molecule has 0 bridgehead atoms. The Morgan fingerprint density at radius 1 is 1.29 bits per heavy atom. The second-order valence-corrected chi connectivity index (χ2v) is 4.61. The summed E-state index contributed by atoms with van der Waals surface area (Å²) in [4.78, 5) is 8.69. The van der Waals surface area contributed by atoms with Crippen LogP contribution in [0.15, 0.2) is 16.4 Å². The smallest absolute Gasteiger partial charge is 0.198 e. The zero-order valence-corrected chi connectivity index (χ0v) is 10.8. The first-order chi connectivity index (χ1) is 8.10. The molecule has 0 aliphatic rings. The number of aryl methyl sites for hydroxylation is 2. The van der Waals surface area contributed by atoms with Gasteiger partial charge in [-0.3, -0.25) is 0 Å². The van der Waals surface area contributed by atoms with Crippen LogP contribution in [-0.2, 0) is 13.6 Å². The number of rotatable bonds is 3. The van der Waals surface area contributed by atoms with E-state index in [-0.39, 0.29) is 0 Å². The van der Waals surface area contributed by atoms with E-state index in [9.17, 15) is 0 Å². The average molecular weight is 250 g/mol. The van der Waals surface area contributed by atoms with Crippen LogP contribution < -0.4 is 5.73 Å². The Kier molecular flexibility index (Phi) is 3.39. The quantitative estimate of drug-likeness (QED) is 0.812. The fourth-order valence-corrected chi connectivity index (χ4v) is 2.18. The maximum atomic E-state index is 5.58. The third-order valence-corrected chi connectivity index (χ3v) is 3.23. The van der Waals surface area contributed by atoms with Gasteiger partial charge in [0.05, 0.1) is 5.69 Å². The van der Waals surface area contributed by atoms with Crippen LogP contribution in [0.5, 0.6) is 0 Å². The third kappa shape index (κ3) is 2.62. The highest BCUT2D eigenvalue weighted by Gasteiger charge is 2.10. The van der Waals surface area contributed by atoms with Crippen LogP contribution in [0.1, 0.15) is 17.2 Å². The molecule has 2 heterocycles. The van der Waals surface area contributed by atoms with E-state index in [1.54, 1.807) is 0 Å². The van der Waals surface area contributed by atoms with Gasteiger partial charge in [-0.05, 0) is 31.7 Å². The summed E-state index contributed by atoms with van der Waals surface area (Å²) in [6.45, 7) is 4.24. The molecule has 0 saturated heterocycles. The van der Waals surface area contributed by atoms with Gasteiger partial charge in [0, 0.05) is 19.3 Å². The van der Waals surface area contributed by atoms with Crippen molar-refractivity contribution in [3.8, 4) is 0 Å². The van der Waals surface area contributed by atoms with E-state index < -0.39 is 0 Å². The average Bonchev–Trinajstić information content (AvgIpc) is 2.60. The Morgan fingerprint density at radius 3 is 2.65 bits per heavy atom. The molecule has 0 atom stereocenters. The van der Waals surface area contributed by atoms with Gasteiger partial charge in [0.1, 0.15) is 5.82 Å². The minimum absolute atomic E-state index is 0.411. The number of hydrogen-bond acceptors (Lipinski definition) is 6. The van der Waals surface area contributed by atoms with E-state index in [1.165, 1.54) is 11.8 Å². The van der Waals surface area contributed by atoms with Crippen LogP contribution >= 0.6 is 11.8 Å². The van der Waals surface area contributed by atoms with Crippen molar-refractivity contribution in [1.82, 2.24) is 24.7 Å². The SMILES string of the molecule is Cc1cc(CN)nc(Sc2nnc(C)n2C)n1. The molecule has 0 radical (unpaired) electrons. The normalized spacial score (nSPS) is 10.8. The monoisotopic (exact) mass is 250 g/mol. The largest absolute Gasteiger partial charge is 0.325 e. The maximum absolute atomic E-state index is 5.58. The molecule has 2 rings (SSSR count). The molecule has 90 valence electrons. The molecule has 2 N–H and O–H groups in total. The number of nitrogens with two attached hydrogens (primary N) is 1. The topological polar surface area (TPSA) is 82.5 Å². The molecule has 0 spiro atoms. The Hall–Kier alpha value is -1.47. The van der Waals surface area contributed by atoms with Crippen LogP contribution in [0.3, 0.4) is 0 Å². The van der Waals surface area contributed by atoms with Gasteiger partial charge in [0.25, 0.3) is 0 Å². The molecular formula is C10H14N6S. The van der Waals surface area contributed by atoms with E-state index >= 15 is 0 Å². The zero-order valence-electron chi connectivity index (χ0n) is 10.0. The molecular weight excluding hydrogens is 236 g/mol. The molecule has 0 aliphatic heterocycles. The minimum Gasteiger partial charge on any atom is -0.325 e. The van der Waals surface area contributed by atoms with Crippen molar-refractivity contribution in [2.24, 2.45) is 12.8 Å². The van der Waals surface area contributed by atoms with Crippen molar-refractivity contribution in [3.63, 3.8) is 0 Å². The van der Waals surface area contributed by atoms with Crippen LogP contribution in [0.2, 0.25) is 0 Å². The molecule has 2 aromatic rings. The van der Waals surface area contributed by atoms with Crippen molar-refractivity contribution in [2.45, 2.75) is 30.7 Å². The molecule has 7 heteroatoms. The highest BCUT2D eigenvalue weighted by molar-refractivity contribution is 7.99. The molecule has 17 heavy (non-hydrogen) atoms. The lowest BCUT2D eigenvalue weighted by molar-refractivity contribution is 0.759. The number of hydrogen-bond donors (Lipinski definition) is 1. The fraction of sp³-hybridized carbons (Fsp3) is 0.400. The Labute approximate surface area is 104 Å². The lowest BCUT2D eigenvalue weighted by Crippen LogP contribution is -2.03. The third-order valence-electron chi connectivity index (χ3n) is 2.33. The number of aromatic nitrogens is 5. The van der Waals surface area contributed by atoms with Gasteiger partial charge in [-0.25, -0.2) is 9.97 Å². The number of nitrogens with zero attached hydrogens (tertiary/aromatic N) is 5. The van der Waals surface area contributed by atoms with E-state index in [4.69, 9.17) is 5.73 Å². The molecule has 0 saturated carbocycles. The van der Waals surface area contributed by atoms with E-state index in [2.05, 4.69) is 20.2 Å². The van der Waals surface area contributed by atoms with Gasteiger partial charge in [-0.1, -0.05) is 0 Å². The Morgan fingerprint density at radius 2 is 2.06 bits per heavy atom. The first-order valence-electron chi connectivity index (χ1n) is 5.18. The van der Waals surface area contributed by atoms with E-state index in [0.717, 1.165) is 22.4 Å². The summed E-state index contributed by atoms with van der Waals surface area (Å²) in [7, 11) is 1.91. The molecule has 0 amide bonds. The molecule has 6 nitrogen and oxygen atoms in total. The Bertz CT molecular complexity index is 536. The first kappa shape index (κ1) is 12.0. The summed E-state index contributed by atoms with van der Waals surface area (Å²) in [5.74, 6) is 0.860. The first-order valence-corrected chi connectivity index (χ1v) is 6.00. The maximum Gasteiger partial charge on any atom is 0.198 e. The van der Waals surface area contributed by atoms with Crippen LogP contribution in [0.4, 0.5) is 0 Å². The van der Waals surface area contributed by atoms with Crippen molar-refractivity contribution in [3.05, 3.63) is 23.3 Å². The molecule has 2 aromatic heterocycles. The van der Waals surface area contributed by atoms with Crippen LogP contribution in [0, 0.1) is 13.8 Å². The van der Waals surface area contributed by atoms with Gasteiger partial charge in [-0.2, -0.15) is 0 Å². The standard InChI is InChI=1S/C10H14N6S/c1-6-4-8(5-11)13-9(12-6)17-10-15-14-7(2)16(10)3/h4H,5,11H2,1-3H3. The summed E-state index contributed by atoms with van der Waals surface area (Å²) in [6, 6.07) is 1.88. The van der Waals surface area contributed by atoms with Gasteiger partial charge in [-0.15, -0.1) is 10.2 Å². The van der Waals surface area contributed by atoms with Crippen molar-refractivity contribution >= 4 is 11.8 Å².